The maximum atomic E-state index is 10.2. The number of rotatable bonds is 13. The number of aliphatic carboxylic acids is 1. The molecule has 4 heteroatoms. The van der Waals surface area contributed by atoms with Crippen molar-refractivity contribution in [2.45, 2.75) is 96.9 Å². The Bertz CT molecular complexity index is 302. The fourth-order valence-corrected chi connectivity index (χ4v) is 2.37. The zero-order valence-corrected chi connectivity index (χ0v) is 15.3. The van der Waals surface area contributed by atoms with Crippen LogP contribution in [0.2, 0.25) is 0 Å². The molecular formula is C19H36O4. The molecule has 0 bridgehead atoms. The third kappa shape index (κ3) is 15.8. The van der Waals surface area contributed by atoms with Crippen LogP contribution in [-0.2, 0) is 14.3 Å². The first-order valence-electron chi connectivity index (χ1n) is 9.16. The second-order valence-corrected chi connectivity index (χ2v) is 6.04. The smallest absolute Gasteiger partial charge is 0.303 e. The summed E-state index contributed by atoms with van der Waals surface area (Å²) in [7, 11) is 1.70. The fourth-order valence-electron chi connectivity index (χ4n) is 2.37. The van der Waals surface area contributed by atoms with E-state index in [9.17, 15) is 4.79 Å². The molecule has 0 aliphatic carbocycles. The van der Waals surface area contributed by atoms with E-state index in [1.54, 1.807) is 7.11 Å². The van der Waals surface area contributed by atoms with Gasteiger partial charge in [-0.2, -0.15) is 0 Å². The summed E-state index contributed by atoms with van der Waals surface area (Å²) in [6.07, 6.45) is 16.8. The van der Waals surface area contributed by atoms with Gasteiger partial charge in [-0.3, -0.25) is 4.79 Å². The molecule has 1 saturated heterocycles. The van der Waals surface area contributed by atoms with Gasteiger partial charge < -0.3 is 14.6 Å². The maximum Gasteiger partial charge on any atom is 0.303 e. The third-order valence-electron chi connectivity index (χ3n) is 3.86. The topological polar surface area (TPSA) is 59.1 Å². The van der Waals surface area contributed by atoms with E-state index in [0.29, 0.717) is 12.5 Å². The van der Waals surface area contributed by atoms with Crippen LogP contribution in [0.4, 0.5) is 0 Å². The van der Waals surface area contributed by atoms with Crippen molar-refractivity contribution >= 4 is 5.97 Å². The van der Waals surface area contributed by atoms with Crippen molar-refractivity contribution < 1.29 is 19.4 Å². The average Bonchev–Trinajstić information content (AvgIpc) is 3.29. The zero-order chi connectivity index (χ0) is 17.3. The average molecular weight is 328 g/mol. The molecule has 23 heavy (non-hydrogen) atoms. The van der Waals surface area contributed by atoms with E-state index in [-0.39, 0.29) is 6.29 Å². The molecule has 0 aromatic heterocycles. The summed E-state index contributed by atoms with van der Waals surface area (Å²) in [5.41, 5.74) is 0. The van der Waals surface area contributed by atoms with Crippen LogP contribution < -0.4 is 0 Å². The van der Waals surface area contributed by atoms with Gasteiger partial charge in [0, 0.05) is 13.5 Å². The third-order valence-corrected chi connectivity index (χ3v) is 3.86. The van der Waals surface area contributed by atoms with E-state index < -0.39 is 5.97 Å². The Kier molecular flexibility index (Phi) is 15.4. The summed E-state index contributed by atoms with van der Waals surface area (Å²) >= 11 is 0. The summed E-state index contributed by atoms with van der Waals surface area (Å²) in [4.78, 5) is 10.2. The number of unbranched alkanes of at least 4 members (excludes halogenated alkanes) is 7. The number of hydrogen-bond acceptors (Lipinski definition) is 3. The van der Waals surface area contributed by atoms with Gasteiger partial charge in [-0.15, -0.1) is 0 Å². The van der Waals surface area contributed by atoms with Crippen LogP contribution >= 0.6 is 0 Å². The highest BCUT2D eigenvalue weighted by molar-refractivity contribution is 5.66. The van der Waals surface area contributed by atoms with Crippen molar-refractivity contribution in [3.63, 3.8) is 0 Å². The van der Waals surface area contributed by atoms with Crippen LogP contribution in [0.15, 0.2) is 12.2 Å². The predicted molar refractivity (Wildman–Crippen MR) is 94.6 cm³/mol. The molecule has 1 fully saturated rings. The van der Waals surface area contributed by atoms with E-state index in [0.717, 1.165) is 19.3 Å². The molecule has 0 spiro atoms. The van der Waals surface area contributed by atoms with Crippen molar-refractivity contribution in [3.05, 3.63) is 12.2 Å². The normalized spacial score (nSPS) is 19.4. The molecule has 1 aliphatic heterocycles. The van der Waals surface area contributed by atoms with Gasteiger partial charge in [0.05, 0.1) is 0 Å². The van der Waals surface area contributed by atoms with Crippen molar-refractivity contribution in [1.82, 2.24) is 0 Å². The van der Waals surface area contributed by atoms with Crippen molar-refractivity contribution in [2.75, 3.05) is 7.11 Å². The lowest BCUT2D eigenvalue weighted by molar-refractivity contribution is -0.137. The quantitative estimate of drug-likeness (QED) is 0.282. The molecule has 4 nitrogen and oxygen atoms in total. The summed E-state index contributed by atoms with van der Waals surface area (Å²) in [5.74, 6) is -0.672. The second-order valence-electron chi connectivity index (χ2n) is 6.04. The number of carboxylic acid groups (broad SMARTS) is 1. The zero-order valence-electron chi connectivity index (χ0n) is 15.3. The number of carboxylic acids is 1. The van der Waals surface area contributed by atoms with Gasteiger partial charge in [-0.25, -0.2) is 0 Å². The Balaban J connectivity index is 0.000000433. The number of ether oxygens (including phenoxy) is 2. The van der Waals surface area contributed by atoms with Gasteiger partial charge in [0.2, 0.25) is 0 Å². The molecule has 1 aliphatic rings. The van der Waals surface area contributed by atoms with Crippen LogP contribution in [0.25, 0.3) is 0 Å². The van der Waals surface area contributed by atoms with Gasteiger partial charge in [-0.05, 0) is 32.6 Å². The van der Waals surface area contributed by atoms with Crippen LogP contribution in [0, 0.1) is 0 Å². The number of hydrogen-bond donors (Lipinski definition) is 1. The fraction of sp³-hybridized carbons (Fsp3) is 0.842. The van der Waals surface area contributed by atoms with E-state index >= 15 is 0 Å². The van der Waals surface area contributed by atoms with Gasteiger partial charge in [-0.1, -0.05) is 57.6 Å². The Hall–Kier alpha value is -0.870. The minimum Gasteiger partial charge on any atom is -0.481 e. The molecule has 1 heterocycles. The Morgan fingerprint density at radius 2 is 1.83 bits per heavy atom. The van der Waals surface area contributed by atoms with Crippen molar-refractivity contribution in [1.29, 1.82) is 0 Å². The lowest BCUT2D eigenvalue weighted by Crippen LogP contribution is -1.95. The first-order valence-corrected chi connectivity index (χ1v) is 9.16. The molecule has 1 rings (SSSR count). The summed E-state index contributed by atoms with van der Waals surface area (Å²) in [6.45, 7) is 4.24. The number of epoxide rings is 1. The van der Waals surface area contributed by atoms with E-state index in [1.165, 1.54) is 44.9 Å². The Labute approximate surface area is 142 Å². The number of allylic oxidation sites excluding steroid dienone is 2. The highest BCUT2D eigenvalue weighted by atomic mass is 16.8. The van der Waals surface area contributed by atoms with E-state index in [1.807, 2.05) is 6.92 Å². The van der Waals surface area contributed by atoms with Crippen molar-refractivity contribution in [2.24, 2.45) is 0 Å². The minimum atomic E-state index is -0.672. The summed E-state index contributed by atoms with van der Waals surface area (Å²) in [5, 5.41) is 8.38. The monoisotopic (exact) mass is 328 g/mol. The van der Waals surface area contributed by atoms with Gasteiger partial charge in [0.25, 0.3) is 0 Å². The molecule has 1 N–H and O–H groups in total. The van der Waals surface area contributed by atoms with Gasteiger partial charge in [0.1, 0.15) is 6.10 Å². The SMILES string of the molecule is C/C=C/CCCCCCCC(=O)O.CCCCCC1OC1OC. The molecule has 0 radical (unpaired) electrons. The summed E-state index contributed by atoms with van der Waals surface area (Å²) in [6, 6.07) is 0. The van der Waals surface area contributed by atoms with Crippen LogP contribution in [0.3, 0.4) is 0 Å². The van der Waals surface area contributed by atoms with Crippen LogP contribution in [0.1, 0.15) is 84.5 Å². The second kappa shape index (κ2) is 16.0. The van der Waals surface area contributed by atoms with Gasteiger partial charge in [0.15, 0.2) is 6.29 Å². The Morgan fingerprint density at radius 1 is 1.13 bits per heavy atom. The van der Waals surface area contributed by atoms with Gasteiger partial charge >= 0.3 is 5.97 Å². The van der Waals surface area contributed by atoms with Crippen LogP contribution in [-0.4, -0.2) is 30.6 Å². The minimum absolute atomic E-state index is 0.122. The highest BCUT2D eigenvalue weighted by Crippen LogP contribution is 2.27. The van der Waals surface area contributed by atoms with E-state index in [4.69, 9.17) is 14.6 Å². The molecule has 0 amide bonds. The number of carbonyl (C=O) groups is 1. The van der Waals surface area contributed by atoms with E-state index in [2.05, 4.69) is 19.1 Å². The highest BCUT2D eigenvalue weighted by Gasteiger charge is 2.37. The first-order chi connectivity index (χ1) is 11.2. The molecule has 0 aromatic carbocycles. The predicted octanol–water partition coefficient (Wildman–Crippen LogP) is 5.32. The first kappa shape index (κ1) is 22.1. The summed E-state index contributed by atoms with van der Waals surface area (Å²) < 4.78 is 10.2. The molecule has 0 saturated carbocycles. The Morgan fingerprint density at radius 3 is 2.39 bits per heavy atom. The lowest BCUT2D eigenvalue weighted by atomic mass is 10.1. The molecule has 2 atom stereocenters. The largest absolute Gasteiger partial charge is 0.481 e. The molecular weight excluding hydrogens is 292 g/mol. The number of methoxy groups -OCH3 is 1. The molecule has 136 valence electrons. The molecule has 2 unspecified atom stereocenters. The standard InChI is InChI=1S/C11H20O2.C8H16O2/c1-2-3-4-5-6-7-8-9-10-11(12)13;1-3-4-5-6-7-8(9-2)10-7/h2-3H,4-10H2,1H3,(H,12,13);7-8H,3-6H2,1-2H3/b3-2+;. The van der Waals surface area contributed by atoms with Crippen molar-refractivity contribution in [3.8, 4) is 0 Å². The lowest BCUT2D eigenvalue weighted by Gasteiger charge is -1.97. The van der Waals surface area contributed by atoms with Crippen LogP contribution in [0.5, 0.6) is 0 Å². The molecule has 0 aromatic rings. The maximum absolute atomic E-state index is 10.2.